The summed E-state index contributed by atoms with van der Waals surface area (Å²) >= 11 is 0. The van der Waals surface area contributed by atoms with Crippen molar-refractivity contribution in [3.8, 4) is 44.5 Å². The van der Waals surface area contributed by atoms with Crippen molar-refractivity contribution in [3.63, 3.8) is 0 Å². The topological polar surface area (TPSA) is 0 Å². The van der Waals surface area contributed by atoms with Crippen LogP contribution in [0.3, 0.4) is 0 Å². The Morgan fingerprint density at radius 1 is 0.172 bits per heavy atom. The Kier molecular flexibility index (Phi) is 7.33. The van der Waals surface area contributed by atoms with E-state index in [1.54, 1.807) is 0 Å². The molecule has 12 rings (SSSR count). The zero-order chi connectivity index (χ0) is 38.2. The first-order valence-electron chi connectivity index (χ1n) is 20.2. The van der Waals surface area contributed by atoms with Gasteiger partial charge >= 0.3 is 0 Å². The Bertz CT molecular complexity index is 3480. The first-order chi connectivity index (χ1) is 28.8. The molecule has 0 N–H and O–H groups in total. The van der Waals surface area contributed by atoms with Gasteiger partial charge in [-0.25, -0.2) is 0 Å². The summed E-state index contributed by atoms with van der Waals surface area (Å²) in [6, 6.07) is 80.8. The third-order valence-electron chi connectivity index (χ3n) is 12.4. The summed E-state index contributed by atoms with van der Waals surface area (Å²) in [4.78, 5) is 0. The Morgan fingerprint density at radius 3 is 1.02 bits per heavy atom. The molecule has 58 heavy (non-hydrogen) atoms. The quantitative estimate of drug-likeness (QED) is 0.125. The molecule has 0 nitrogen and oxygen atoms in total. The van der Waals surface area contributed by atoms with Crippen molar-refractivity contribution in [2.24, 2.45) is 0 Å². The molecule has 0 spiro atoms. The van der Waals surface area contributed by atoms with Crippen molar-refractivity contribution < 1.29 is 0 Å². The molecule has 0 aliphatic rings. The summed E-state index contributed by atoms with van der Waals surface area (Å²) in [5, 5.41) is 17.7. The lowest BCUT2D eigenvalue weighted by Gasteiger charge is -2.21. The van der Waals surface area contributed by atoms with Crippen molar-refractivity contribution in [2.45, 2.75) is 0 Å². The van der Waals surface area contributed by atoms with Crippen molar-refractivity contribution in [1.29, 1.82) is 0 Å². The second-order valence-electron chi connectivity index (χ2n) is 15.4. The Balaban J connectivity index is 1.20. The van der Waals surface area contributed by atoms with E-state index in [9.17, 15) is 0 Å². The average Bonchev–Trinajstić information content (AvgIpc) is 3.29. The van der Waals surface area contributed by atoms with Crippen LogP contribution >= 0.6 is 0 Å². The first kappa shape index (κ1) is 32.7. The molecule has 12 aromatic rings. The molecule has 0 atom stereocenters. The Morgan fingerprint density at radius 2 is 0.517 bits per heavy atom. The highest BCUT2D eigenvalue weighted by Gasteiger charge is 2.22. The number of fused-ring (bicyclic) bond motifs is 8. The van der Waals surface area contributed by atoms with Crippen LogP contribution in [-0.4, -0.2) is 0 Å². The molecule has 0 aromatic heterocycles. The molecule has 0 fully saturated rings. The molecule has 0 heteroatoms. The van der Waals surface area contributed by atoms with Gasteiger partial charge < -0.3 is 0 Å². The number of rotatable bonds is 4. The molecule has 0 saturated carbocycles. The van der Waals surface area contributed by atoms with Gasteiger partial charge in [0.25, 0.3) is 0 Å². The van der Waals surface area contributed by atoms with Crippen molar-refractivity contribution in [3.05, 3.63) is 218 Å². The van der Waals surface area contributed by atoms with Crippen LogP contribution in [-0.2, 0) is 0 Å². The van der Waals surface area contributed by atoms with Crippen LogP contribution in [0.15, 0.2) is 218 Å². The predicted molar refractivity (Wildman–Crippen MR) is 251 cm³/mol. The standard InChI is InChI=1S/C58H36/c1-3-18-37(19-4-1)54-44-24-9-13-28-48(44)56(49-29-14-10-25-45(49)54)43-33-17-32-41-42(43)34-35-52-53(41)36-39-22-7-8-23-40(39)57(52)58-50-30-15-11-26-46(50)55(38-20-5-2-6-21-38)47-27-12-16-31-51(47)58/h1-36H. The van der Waals surface area contributed by atoms with E-state index in [2.05, 4.69) is 218 Å². The van der Waals surface area contributed by atoms with E-state index in [-0.39, 0.29) is 0 Å². The van der Waals surface area contributed by atoms with Crippen molar-refractivity contribution in [2.75, 3.05) is 0 Å². The van der Waals surface area contributed by atoms with E-state index >= 15 is 0 Å². The van der Waals surface area contributed by atoms with Crippen molar-refractivity contribution in [1.82, 2.24) is 0 Å². The molecule has 268 valence electrons. The summed E-state index contributed by atoms with van der Waals surface area (Å²) in [5.41, 5.74) is 10.2. The van der Waals surface area contributed by atoms with Gasteiger partial charge in [0.1, 0.15) is 0 Å². The number of hydrogen-bond donors (Lipinski definition) is 0. The van der Waals surface area contributed by atoms with E-state index in [0.717, 1.165) is 0 Å². The van der Waals surface area contributed by atoms with Crippen molar-refractivity contribution >= 4 is 75.4 Å². The summed E-state index contributed by atoms with van der Waals surface area (Å²) in [5.74, 6) is 0. The average molecular weight is 733 g/mol. The lowest BCUT2D eigenvalue weighted by Crippen LogP contribution is -1.94. The van der Waals surface area contributed by atoms with E-state index in [1.807, 2.05) is 0 Å². The first-order valence-corrected chi connectivity index (χ1v) is 20.2. The van der Waals surface area contributed by atoms with Gasteiger partial charge in [0.2, 0.25) is 0 Å². The molecule has 0 radical (unpaired) electrons. The predicted octanol–water partition coefficient (Wildman–Crippen LogP) is 16.4. The minimum absolute atomic E-state index is 1.24. The van der Waals surface area contributed by atoms with E-state index in [0.29, 0.717) is 0 Å². The van der Waals surface area contributed by atoms with Gasteiger partial charge in [0.05, 0.1) is 0 Å². The van der Waals surface area contributed by atoms with Gasteiger partial charge in [-0.3, -0.25) is 0 Å². The van der Waals surface area contributed by atoms with Crippen LogP contribution < -0.4 is 0 Å². The zero-order valence-electron chi connectivity index (χ0n) is 31.8. The molecule has 0 aliphatic heterocycles. The second-order valence-corrected chi connectivity index (χ2v) is 15.4. The van der Waals surface area contributed by atoms with Gasteiger partial charge in [-0.05, 0) is 126 Å². The third kappa shape index (κ3) is 4.82. The molecular formula is C58H36. The highest BCUT2D eigenvalue weighted by atomic mass is 14.2. The summed E-state index contributed by atoms with van der Waals surface area (Å²) in [6.07, 6.45) is 0. The molecule has 0 amide bonds. The van der Waals surface area contributed by atoms with Crippen LogP contribution in [0.25, 0.3) is 120 Å². The fourth-order valence-electron chi connectivity index (χ4n) is 10.0. The number of hydrogen-bond acceptors (Lipinski definition) is 0. The largest absolute Gasteiger partial charge is 0.0622 e. The van der Waals surface area contributed by atoms with Gasteiger partial charge in [-0.15, -0.1) is 0 Å². The highest BCUT2D eigenvalue weighted by molar-refractivity contribution is 6.31. The molecule has 0 aliphatic carbocycles. The Labute approximate surface area is 336 Å². The van der Waals surface area contributed by atoms with Crippen LogP contribution in [0, 0.1) is 0 Å². The molecule has 12 aromatic carbocycles. The van der Waals surface area contributed by atoms with Gasteiger partial charge in [-0.1, -0.05) is 212 Å². The third-order valence-corrected chi connectivity index (χ3v) is 12.4. The highest BCUT2D eigenvalue weighted by Crippen LogP contribution is 2.50. The van der Waals surface area contributed by atoms with E-state index in [1.165, 1.54) is 120 Å². The zero-order valence-corrected chi connectivity index (χ0v) is 31.8. The normalized spacial score (nSPS) is 11.8. The lowest BCUT2D eigenvalue weighted by molar-refractivity contribution is 1.66. The minimum Gasteiger partial charge on any atom is -0.0622 e. The van der Waals surface area contributed by atoms with Crippen LogP contribution in [0.1, 0.15) is 0 Å². The Hall–Kier alpha value is -7.54. The van der Waals surface area contributed by atoms with Crippen LogP contribution in [0.5, 0.6) is 0 Å². The van der Waals surface area contributed by atoms with Gasteiger partial charge in [0.15, 0.2) is 0 Å². The SMILES string of the molecule is c1ccc(-c2c3ccccc3c(-c3cccc4c3ccc3c(-c5c6ccccc6c(-c6ccccc6)c6ccccc56)c5ccccc5cc34)c3ccccc23)cc1. The summed E-state index contributed by atoms with van der Waals surface area (Å²) in [6.45, 7) is 0. The van der Waals surface area contributed by atoms with E-state index in [4.69, 9.17) is 0 Å². The molecule has 0 bridgehead atoms. The number of benzene rings is 12. The summed E-state index contributed by atoms with van der Waals surface area (Å²) in [7, 11) is 0. The molecule has 0 heterocycles. The maximum Gasteiger partial charge on any atom is -0.00139 e. The van der Waals surface area contributed by atoms with Crippen LogP contribution in [0.4, 0.5) is 0 Å². The fourth-order valence-corrected chi connectivity index (χ4v) is 10.0. The maximum atomic E-state index is 2.43. The smallest absolute Gasteiger partial charge is 0.00139 e. The summed E-state index contributed by atoms with van der Waals surface area (Å²) < 4.78 is 0. The lowest BCUT2D eigenvalue weighted by atomic mass is 9.81. The molecule has 0 saturated heterocycles. The maximum absolute atomic E-state index is 2.43. The second kappa shape index (κ2) is 13.0. The monoisotopic (exact) mass is 732 g/mol. The van der Waals surface area contributed by atoms with Gasteiger partial charge in [-0.2, -0.15) is 0 Å². The van der Waals surface area contributed by atoms with Crippen LogP contribution in [0.2, 0.25) is 0 Å². The van der Waals surface area contributed by atoms with E-state index < -0.39 is 0 Å². The minimum atomic E-state index is 1.24. The molecule has 0 unspecified atom stereocenters. The van der Waals surface area contributed by atoms with Gasteiger partial charge in [0, 0.05) is 0 Å². The molecular weight excluding hydrogens is 697 g/mol. The fraction of sp³-hybridized carbons (Fsp3) is 0.